The summed E-state index contributed by atoms with van der Waals surface area (Å²) in [5.74, 6) is 0. The Balaban J connectivity index is 2.54. The molecule has 0 saturated carbocycles. The summed E-state index contributed by atoms with van der Waals surface area (Å²) >= 11 is 1.80. The smallest absolute Gasteiger partial charge is 0.169 e. The average molecular weight is 242 g/mol. The summed E-state index contributed by atoms with van der Waals surface area (Å²) in [6, 6.07) is 0. The van der Waals surface area contributed by atoms with Gasteiger partial charge in [0.25, 0.3) is 0 Å². The molecule has 0 amide bonds. The Bertz CT molecular complexity index is 20.9. The Morgan fingerprint density at radius 1 is 2.00 bits per heavy atom. The molecule has 0 saturated heterocycles. The van der Waals surface area contributed by atoms with Crippen LogP contribution < -0.4 is 0 Å². The standard InChI is InChI=1S/FH3IP3/c1-5(2)4-3/h4H,3H2. The van der Waals surface area contributed by atoms with Gasteiger partial charge in [-0.05, 0) is 30.0 Å². The minimum Gasteiger partial charge on any atom is -0.210 e. The molecule has 0 aliphatic rings. The fourth-order valence-electron chi connectivity index (χ4n) is 0. The molecule has 0 heterocycles. The summed E-state index contributed by atoms with van der Waals surface area (Å²) in [6.07, 6.45) is 0. The van der Waals surface area contributed by atoms with Crippen molar-refractivity contribution in [2.24, 2.45) is 0 Å². The van der Waals surface area contributed by atoms with Gasteiger partial charge in [0, 0.05) is 0 Å². The Morgan fingerprint density at radius 2 is 2.20 bits per heavy atom. The molecular formula is H3FIP3. The first-order valence-corrected chi connectivity index (χ1v) is 8.52. The lowest BCUT2D eigenvalue weighted by molar-refractivity contribution is 0.934. The van der Waals surface area contributed by atoms with E-state index < -0.39 is 5.56 Å². The van der Waals surface area contributed by atoms with Crippen LogP contribution in [0.25, 0.3) is 0 Å². The topological polar surface area (TPSA) is 0 Å². The molecule has 3 atom stereocenters. The molecule has 5 heteroatoms. The van der Waals surface area contributed by atoms with Crippen LogP contribution in [0.15, 0.2) is 0 Å². The third kappa shape index (κ3) is 5.95. The van der Waals surface area contributed by atoms with Crippen molar-refractivity contribution < 1.29 is 4.20 Å². The zero-order valence-electron chi connectivity index (χ0n) is 2.28. The van der Waals surface area contributed by atoms with Gasteiger partial charge in [-0.1, -0.05) is 0 Å². The highest BCUT2D eigenvalue weighted by molar-refractivity contribution is 14.2. The van der Waals surface area contributed by atoms with Gasteiger partial charge in [-0.15, -0.1) is 8.93 Å². The summed E-state index contributed by atoms with van der Waals surface area (Å²) in [6.45, 7) is 0. The maximum atomic E-state index is 11.5. The van der Waals surface area contributed by atoms with Gasteiger partial charge in [-0.3, -0.25) is 0 Å². The summed E-state index contributed by atoms with van der Waals surface area (Å²) < 4.78 is 11.5. The Hall–Kier alpha value is 1.95. The second-order valence-corrected chi connectivity index (χ2v) is 10.6. The molecule has 3 unspecified atom stereocenters. The van der Waals surface area contributed by atoms with Crippen LogP contribution in [0, 0.1) is 0 Å². The van der Waals surface area contributed by atoms with Crippen molar-refractivity contribution in [3.63, 3.8) is 0 Å². The van der Waals surface area contributed by atoms with E-state index in [2.05, 4.69) is 8.93 Å². The van der Waals surface area contributed by atoms with E-state index in [0.717, 1.165) is 0 Å². The molecule has 5 heavy (non-hydrogen) atoms. The lowest BCUT2D eigenvalue weighted by Crippen LogP contribution is -1.05. The third-order valence-corrected chi connectivity index (χ3v) is 10.2. The van der Waals surface area contributed by atoms with E-state index in [0.29, 0.717) is 7.96 Å². The van der Waals surface area contributed by atoms with Crippen molar-refractivity contribution in [1.82, 2.24) is 0 Å². The molecule has 0 bridgehead atoms. The highest BCUT2D eigenvalue weighted by Gasteiger charge is 1.88. The van der Waals surface area contributed by atoms with E-state index in [1.807, 2.05) is 0 Å². The number of hydrogen-bond acceptors (Lipinski definition) is 0. The molecule has 0 nitrogen and oxygen atoms in total. The van der Waals surface area contributed by atoms with Crippen LogP contribution in [0.3, 0.4) is 0 Å². The molecule has 0 aromatic carbocycles. The molecule has 0 N–H and O–H groups in total. The van der Waals surface area contributed by atoms with Gasteiger partial charge in [0.05, 0.1) is 0 Å². The van der Waals surface area contributed by atoms with Gasteiger partial charge >= 0.3 is 0 Å². The summed E-state index contributed by atoms with van der Waals surface area (Å²) in [5, 5.41) is 0. The minimum absolute atomic E-state index is 0.416. The number of rotatable bonds is 1. The van der Waals surface area contributed by atoms with Gasteiger partial charge in [0.1, 0.15) is 0 Å². The summed E-state index contributed by atoms with van der Waals surface area (Å²) in [7, 11) is 2.78. The van der Waals surface area contributed by atoms with Crippen molar-refractivity contribution in [1.29, 1.82) is 0 Å². The zero-order valence-corrected chi connectivity index (χ0v) is 7.49. The van der Waals surface area contributed by atoms with E-state index in [1.54, 1.807) is 22.0 Å². The van der Waals surface area contributed by atoms with E-state index in [-0.39, 0.29) is 0 Å². The largest absolute Gasteiger partial charge is 0.210 e. The van der Waals surface area contributed by atoms with E-state index in [1.165, 1.54) is 0 Å². The second-order valence-electron chi connectivity index (χ2n) is 0.362. The molecule has 0 radical (unpaired) electrons. The first-order valence-electron chi connectivity index (χ1n) is 0.850. The lowest BCUT2D eigenvalue weighted by atomic mass is 18.9. The van der Waals surface area contributed by atoms with Crippen LogP contribution in [0.5, 0.6) is 0 Å². The molecule has 0 aromatic rings. The van der Waals surface area contributed by atoms with Crippen LogP contribution in [0.4, 0.5) is 4.20 Å². The van der Waals surface area contributed by atoms with Crippen molar-refractivity contribution in [2.75, 3.05) is 0 Å². The van der Waals surface area contributed by atoms with E-state index in [4.69, 9.17) is 0 Å². The van der Waals surface area contributed by atoms with E-state index >= 15 is 0 Å². The summed E-state index contributed by atoms with van der Waals surface area (Å²) in [4.78, 5) is 0. The maximum Gasteiger partial charge on any atom is 0.169 e. The van der Waals surface area contributed by atoms with Crippen LogP contribution in [-0.4, -0.2) is 0 Å². The van der Waals surface area contributed by atoms with Crippen LogP contribution in [-0.2, 0) is 0 Å². The quantitative estimate of drug-likeness (QED) is 0.489. The first kappa shape index (κ1) is 6.95. The van der Waals surface area contributed by atoms with Crippen molar-refractivity contribution in [3.05, 3.63) is 0 Å². The maximum absolute atomic E-state index is 11.5. The molecule has 32 valence electrons. The highest BCUT2D eigenvalue weighted by atomic mass is 127. The van der Waals surface area contributed by atoms with E-state index in [9.17, 15) is 4.20 Å². The van der Waals surface area contributed by atoms with Crippen molar-refractivity contribution in [2.45, 2.75) is 0 Å². The van der Waals surface area contributed by atoms with Gasteiger partial charge < -0.3 is 0 Å². The minimum atomic E-state index is -1.14. The molecule has 0 aromatic heterocycles. The summed E-state index contributed by atoms with van der Waals surface area (Å²) in [5.41, 5.74) is -1.14. The Labute approximate surface area is 48.8 Å². The van der Waals surface area contributed by atoms with Gasteiger partial charge in [-0.2, -0.15) is 0 Å². The molecule has 0 aliphatic heterocycles. The highest BCUT2D eigenvalue weighted by Crippen LogP contribution is 2.67. The van der Waals surface area contributed by atoms with Crippen LogP contribution in [0.1, 0.15) is 0 Å². The molecular weight excluding hydrogens is 239 g/mol. The lowest BCUT2D eigenvalue weighted by Gasteiger charge is -1.82. The third-order valence-electron chi connectivity index (χ3n) is 0.0976. The number of hydrogen-bond donors (Lipinski definition) is 0. The molecule has 0 rings (SSSR count). The van der Waals surface area contributed by atoms with Crippen molar-refractivity contribution >= 4 is 44.5 Å². The normalized spacial score (nSPS) is 17.4. The fraction of sp³-hybridized carbons (Fsp3) is 0. The predicted molar refractivity (Wildman–Crippen MR) is 40.1 cm³/mol. The molecule has 0 aliphatic carbocycles. The first-order chi connectivity index (χ1) is 2.27. The van der Waals surface area contributed by atoms with Gasteiger partial charge in [0.15, 0.2) is 5.56 Å². The monoisotopic (exact) mass is 242 g/mol. The van der Waals surface area contributed by atoms with Gasteiger partial charge in [0.2, 0.25) is 0 Å². The van der Waals surface area contributed by atoms with Gasteiger partial charge in [-0.25, -0.2) is 4.20 Å². The van der Waals surface area contributed by atoms with Crippen LogP contribution >= 0.6 is 44.5 Å². The average Bonchev–Trinajstić information content (AvgIpc) is 1.38. The molecule has 0 fully saturated rings. The zero-order chi connectivity index (χ0) is 4.28. The SMILES string of the molecule is FP(I)PP. The van der Waals surface area contributed by atoms with Crippen LogP contribution in [0.2, 0.25) is 0 Å². The van der Waals surface area contributed by atoms with Crippen molar-refractivity contribution in [3.8, 4) is 0 Å². The Morgan fingerprint density at radius 3 is 2.20 bits per heavy atom. The predicted octanol–water partition coefficient (Wildman–Crippen LogP) is 3.09. The number of halogens is 2. The fourth-order valence-corrected chi connectivity index (χ4v) is 0. The second kappa shape index (κ2) is 4.12. The Kier molecular flexibility index (Phi) is 5.72. The molecule has 0 spiro atoms.